The Morgan fingerprint density at radius 3 is 2.18 bits per heavy atom. The fraction of sp³-hybridized carbons (Fsp3) is 0.591. The molecule has 1 aliphatic heterocycles. The smallest absolute Gasteiger partial charge is 0.257 e. The van der Waals surface area contributed by atoms with Gasteiger partial charge in [0.15, 0.2) is 0 Å². The molecule has 28 heavy (non-hydrogen) atoms. The second kappa shape index (κ2) is 6.68. The molecule has 2 fully saturated rings. The third-order valence-corrected chi connectivity index (χ3v) is 7.13. The molecule has 3 amide bonds. The molecule has 5 nitrogen and oxygen atoms in total. The highest BCUT2D eigenvalue weighted by Gasteiger charge is 2.69. The predicted octanol–water partition coefficient (Wildman–Crippen LogP) is 3.77. The summed E-state index contributed by atoms with van der Waals surface area (Å²) in [5.41, 5.74) is 0.0264. The van der Waals surface area contributed by atoms with Crippen LogP contribution in [0.3, 0.4) is 0 Å². The van der Waals surface area contributed by atoms with Gasteiger partial charge in [0.25, 0.3) is 5.91 Å². The Morgan fingerprint density at radius 1 is 1.18 bits per heavy atom. The van der Waals surface area contributed by atoms with Gasteiger partial charge < -0.3 is 4.90 Å². The quantitative estimate of drug-likeness (QED) is 0.722. The molecule has 1 aliphatic carbocycles. The number of imide groups is 1. The zero-order valence-electron chi connectivity index (χ0n) is 17.5. The Labute approximate surface area is 165 Å². The second-order valence-electron chi connectivity index (χ2n) is 9.14. The monoisotopic (exact) mass is 388 g/mol. The molecule has 1 aromatic carbocycles. The number of benzene rings is 1. The fourth-order valence-corrected chi connectivity index (χ4v) is 4.53. The molecular weight excluding hydrogens is 359 g/mol. The summed E-state index contributed by atoms with van der Waals surface area (Å²) in [6.45, 7) is 12.1. The summed E-state index contributed by atoms with van der Waals surface area (Å²) < 4.78 is 13.2. The molecule has 2 unspecified atom stereocenters. The van der Waals surface area contributed by atoms with Gasteiger partial charge in [0.1, 0.15) is 11.9 Å². The lowest BCUT2D eigenvalue weighted by molar-refractivity contribution is -0.143. The highest BCUT2D eigenvalue weighted by atomic mass is 19.1. The largest absolute Gasteiger partial charge is 0.327 e. The lowest BCUT2D eigenvalue weighted by Gasteiger charge is -2.33. The fourth-order valence-electron chi connectivity index (χ4n) is 4.53. The van der Waals surface area contributed by atoms with Crippen LogP contribution in [0.25, 0.3) is 0 Å². The lowest BCUT2D eigenvalue weighted by Crippen LogP contribution is -2.51. The van der Waals surface area contributed by atoms with Crippen LogP contribution in [0.4, 0.5) is 10.1 Å². The summed E-state index contributed by atoms with van der Waals surface area (Å²) in [6.07, 6.45) is 0.647. The molecule has 0 radical (unpaired) electrons. The van der Waals surface area contributed by atoms with Crippen LogP contribution in [-0.4, -0.2) is 34.7 Å². The standard InChI is InChI=1S/C22H29FN2O3/c1-7-13(2)24(20(28)18-21(3,4)22(18,5)6)16-12-17(26)25(19(16)27)15-10-8-14(23)9-11-15/h8-11,13,16,18H,7,12H2,1-6H3. The molecule has 0 bridgehead atoms. The number of carbonyl (C=O) groups excluding carboxylic acids is 3. The molecule has 1 saturated heterocycles. The number of amides is 3. The summed E-state index contributed by atoms with van der Waals surface area (Å²) in [6, 6.07) is 4.29. The van der Waals surface area contributed by atoms with E-state index in [9.17, 15) is 18.8 Å². The normalized spacial score (nSPS) is 24.4. The minimum Gasteiger partial charge on any atom is -0.327 e. The van der Waals surface area contributed by atoms with E-state index in [0.29, 0.717) is 12.1 Å². The van der Waals surface area contributed by atoms with Crippen molar-refractivity contribution in [2.45, 2.75) is 66.5 Å². The molecular formula is C22H29FN2O3. The number of rotatable bonds is 5. The van der Waals surface area contributed by atoms with Gasteiger partial charge in [0.05, 0.1) is 12.1 Å². The number of carbonyl (C=O) groups is 3. The van der Waals surface area contributed by atoms with Gasteiger partial charge in [-0.25, -0.2) is 9.29 Å². The maximum atomic E-state index is 13.5. The molecule has 0 spiro atoms. The van der Waals surface area contributed by atoms with E-state index in [1.165, 1.54) is 24.3 Å². The first-order valence-corrected chi connectivity index (χ1v) is 9.89. The van der Waals surface area contributed by atoms with Crippen LogP contribution in [0.5, 0.6) is 0 Å². The molecule has 0 N–H and O–H groups in total. The zero-order chi connectivity index (χ0) is 21.0. The lowest BCUT2D eigenvalue weighted by atomic mass is 10.0. The van der Waals surface area contributed by atoms with Crippen LogP contribution in [0, 0.1) is 22.6 Å². The van der Waals surface area contributed by atoms with E-state index < -0.39 is 17.8 Å². The molecule has 1 heterocycles. The van der Waals surface area contributed by atoms with Gasteiger partial charge in [-0.05, 0) is 48.4 Å². The van der Waals surface area contributed by atoms with Crippen molar-refractivity contribution in [3.05, 3.63) is 30.1 Å². The third-order valence-electron chi connectivity index (χ3n) is 7.13. The van der Waals surface area contributed by atoms with Crippen molar-refractivity contribution < 1.29 is 18.8 Å². The van der Waals surface area contributed by atoms with Crippen molar-refractivity contribution >= 4 is 23.4 Å². The zero-order valence-corrected chi connectivity index (χ0v) is 17.5. The van der Waals surface area contributed by atoms with Crippen LogP contribution in [0.2, 0.25) is 0 Å². The number of anilines is 1. The van der Waals surface area contributed by atoms with Crippen LogP contribution < -0.4 is 4.90 Å². The van der Waals surface area contributed by atoms with Crippen LogP contribution >= 0.6 is 0 Å². The molecule has 2 atom stereocenters. The summed E-state index contributed by atoms with van der Waals surface area (Å²) >= 11 is 0. The Kier molecular flexibility index (Phi) is 4.89. The first-order valence-electron chi connectivity index (χ1n) is 9.89. The van der Waals surface area contributed by atoms with E-state index in [4.69, 9.17) is 0 Å². The number of hydrogen-bond acceptors (Lipinski definition) is 3. The van der Waals surface area contributed by atoms with E-state index >= 15 is 0 Å². The molecule has 1 aromatic rings. The molecule has 3 rings (SSSR count). The first-order chi connectivity index (χ1) is 12.9. The highest BCUT2D eigenvalue weighted by Crippen LogP contribution is 2.69. The van der Waals surface area contributed by atoms with Crippen molar-refractivity contribution in [1.82, 2.24) is 4.90 Å². The second-order valence-corrected chi connectivity index (χ2v) is 9.14. The SMILES string of the molecule is CCC(C)N(C(=O)C1C(C)(C)C1(C)C)C1CC(=O)N(c2ccc(F)cc2)C1=O. The topological polar surface area (TPSA) is 57.7 Å². The van der Waals surface area contributed by atoms with Gasteiger partial charge in [-0.1, -0.05) is 34.6 Å². The van der Waals surface area contributed by atoms with Gasteiger partial charge in [-0.15, -0.1) is 0 Å². The third kappa shape index (κ3) is 2.93. The summed E-state index contributed by atoms with van der Waals surface area (Å²) in [4.78, 5) is 42.0. The molecule has 152 valence electrons. The van der Waals surface area contributed by atoms with Gasteiger partial charge in [-0.3, -0.25) is 14.4 Å². The van der Waals surface area contributed by atoms with Gasteiger partial charge in [-0.2, -0.15) is 0 Å². The number of halogens is 1. The average molecular weight is 388 g/mol. The van der Waals surface area contributed by atoms with Crippen molar-refractivity contribution in [2.75, 3.05) is 4.90 Å². The molecule has 2 aliphatic rings. The summed E-state index contributed by atoms with van der Waals surface area (Å²) in [7, 11) is 0. The molecule has 1 saturated carbocycles. The van der Waals surface area contributed by atoms with Crippen LogP contribution in [0.1, 0.15) is 54.4 Å². The van der Waals surface area contributed by atoms with Crippen molar-refractivity contribution in [3.63, 3.8) is 0 Å². The van der Waals surface area contributed by atoms with E-state index in [1.54, 1.807) is 4.90 Å². The van der Waals surface area contributed by atoms with Gasteiger partial charge in [0.2, 0.25) is 11.8 Å². The van der Waals surface area contributed by atoms with E-state index in [2.05, 4.69) is 27.7 Å². The van der Waals surface area contributed by atoms with Gasteiger partial charge >= 0.3 is 0 Å². The Morgan fingerprint density at radius 2 is 1.71 bits per heavy atom. The van der Waals surface area contributed by atoms with Crippen LogP contribution in [0.15, 0.2) is 24.3 Å². The minimum absolute atomic E-state index is 0.0418. The van der Waals surface area contributed by atoms with Crippen molar-refractivity contribution in [2.24, 2.45) is 16.7 Å². The first kappa shape index (κ1) is 20.5. The van der Waals surface area contributed by atoms with Crippen LogP contribution in [-0.2, 0) is 14.4 Å². The summed E-state index contributed by atoms with van der Waals surface area (Å²) in [5, 5.41) is 0. The van der Waals surface area contributed by atoms with E-state index in [0.717, 1.165) is 4.90 Å². The summed E-state index contributed by atoms with van der Waals surface area (Å²) in [5.74, 6) is -1.46. The Hall–Kier alpha value is -2.24. The van der Waals surface area contributed by atoms with Gasteiger partial charge in [0, 0.05) is 12.0 Å². The maximum absolute atomic E-state index is 13.5. The van der Waals surface area contributed by atoms with E-state index in [-0.39, 0.29) is 41.0 Å². The average Bonchev–Trinajstić information content (AvgIpc) is 2.85. The molecule has 6 heteroatoms. The number of nitrogens with zero attached hydrogens (tertiary/aromatic N) is 2. The van der Waals surface area contributed by atoms with Crippen molar-refractivity contribution in [3.8, 4) is 0 Å². The van der Waals surface area contributed by atoms with E-state index in [1.807, 2.05) is 13.8 Å². The maximum Gasteiger partial charge on any atom is 0.257 e. The highest BCUT2D eigenvalue weighted by molar-refractivity contribution is 6.23. The number of hydrogen-bond donors (Lipinski definition) is 0. The Balaban J connectivity index is 1.92. The predicted molar refractivity (Wildman–Crippen MR) is 105 cm³/mol. The Bertz CT molecular complexity index is 802. The molecule has 0 aromatic heterocycles. The minimum atomic E-state index is -0.813. The van der Waals surface area contributed by atoms with Crippen molar-refractivity contribution in [1.29, 1.82) is 0 Å².